The molecule has 0 aliphatic heterocycles. The summed E-state index contributed by atoms with van der Waals surface area (Å²) in [4.78, 5) is 27.5. The Morgan fingerprint density at radius 1 is 1.29 bits per heavy atom. The number of Topliss-reactive ketones (excluding diaryl/α,β-unsaturated/α-hetero) is 1. The average Bonchev–Trinajstić information content (AvgIpc) is 2.87. The van der Waals surface area contributed by atoms with E-state index in [9.17, 15) is 14.0 Å². The third kappa shape index (κ3) is 2.33. The number of hydrogen-bond acceptors (Lipinski definition) is 4. The number of carbonyl (C=O) groups is 1. The van der Waals surface area contributed by atoms with Crippen LogP contribution >= 0.6 is 0 Å². The summed E-state index contributed by atoms with van der Waals surface area (Å²) >= 11 is 0. The van der Waals surface area contributed by atoms with E-state index in [-0.39, 0.29) is 23.7 Å². The lowest BCUT2D eigenvalue weighted by molar-refractivity contribution is -0.117. The summed E-state index contributed by atoms with van der Waals surface area (Å²) in [7, 11) is 0. The van der Waals surface area contributed by atoms with Crippen LogP contribution in [0, 0.1) is 5.82 Å². The first kappa shape index (κ1) is 13.2. The highest BCUT2D eigenvalue weighted by atomic mass is 19.1. The van der Waals surface area contributed by atoms with Crippen LogP contribution < -0.4 is 5.56 Å². The molecule has 3 aromatic rings. The van der Waals surface area contributed by atoms with E-state index in [1.54, 1.807) is 12.1 Å². The van der Waals surface area contributed by atoms with Gasteiger partial charge < -0.3 is 0 Å². The van der Waals surface area contributed by atoms with E-state index < -0.39 is 0 Å². The Morgan fingerprint density at radius 2 is 2.00 bits per heavy atom. The maximum atomic E-state index is 13.0. The van der Waals surface area contributed by atoms with Gasteiger partial charge in [0.15, 0.2) is 5.65 Å². The lowest BCUT2D eigenvalue weighted by Gasteiger charge is -2.04. The number of nitrogens with zero attached hydrogens (tertiary/aromatic N) is 4. The molecule has 0 radical (unpaired) electrons. The fourth-order valence-corrected chi connectivity index (χ4v) is 2.07. The van der Waals surface area contributed by atoms with Crippen LogP contribution in [0.25, 0.3) is 16.7 Å². The molecule has 2 aromatic heterocycles. The van der Waals surface area contributed by atoms with Crippen LogP contribution in [0.5, 0.6) is 0 Å². The summed E-state index contributed by atoms with van der Waals surface area (Å²) in [6.07, 6.45) is 2.71. The second-order valence-corrected chi connectivity index (χ2v) is 4.65. The van der Waals surface area contributed by atoms with Crippen molar-refractivity contribution in [1.29, 1.82) is 0 Å². The van der Waals surface area contributed by atoms with Gasteiger partial charge in [-0.1, -0.05) is 0 Å². The number of ketones is 1. The van der Waals surface area contributed by atoms with E-state index in [0.717, 1.165) is 0 Å². The Bertz CT molecular complexity index is 880. The van der Waals surface area contributed by atoms with E-state index in [0.29, 0.717) is 16.7 Å². The number of benzene rings is 1. The second-order valence-electron chi connectivity index (χ2n) is 4.65. The molecule has 0 amide bonds. The van der Waals surface area contributed by atoms with Crippen LogP contribution in [-0.4, -0.2) is 25.1 Å². The van der Waals surface area contributed by atoms with Crippen LogP contribution in [0.3, 0.4) is 0 Å². The number of fused-ring (bicyclic) bond motifs is 1. The largest absolute Gasteiger partial charge is 0.298 e. The fraction of sp³-hybridized carbons (Fsp3) is 0.143. The van der Waals surface area contributed by atoms with Crippen molar-refractivity contribution >= 4 is 16.8 Å². The van der Waals surface area contributed by atoms with Crippen LogP contribution in [0.1, 0.15) is 6.92 Å². The molecule has 0 aliphatic carbocycles. The summed E-state index contributed by atoms with van der Waals surface area (Å²) in [5, 5.41) is 4.42. The Hall–Kier alpha value is -2.83. The Balaban J connectivity index is 2.15. The number of hydrogen-bond donors (Lipinski definition) is 0. The van der Waals surface area contributed by atoms with Crippen LogP contribution in [-0.2, 0) is 11.3 Å². The van der Waals surface area contributed by atoms with Crippen molar-refractivity contribution in [1.82, 2.24) is 19.3 Å². The zero-order chi connectivity index (χ0) is 15.0. The molecular formula is C14H11FN4O2. The molecule has 0 fully saturated rings. The molecule has 6 nitrogen and oxygen atoms in total. The van der Waals surface area contributed by atoms with Crippen molar-refractivity contribution in [3.8, 4) is 5.69 Å². The van der Waals surface area contributed by atoms with Gasteiger partial charge in [0.05, 0.1) is 18.4 Å². The maximum absolute atomic E-state index is 13.0. The summed E-state index contributed by atoms with van der Waals surface area (Å²) < 4.78 is 15.6. The molecule has 7 heteroatoms. The highest BCUT2D eigenvalue weighted by Crippen LogP contribution is 2.13. The molecule has 0 spiro atoms. The van der Waals surface area contributed by atoms with Crippen molar-refractivity contribution in [2.75, 3.05) is 0 Å². The van der Waals surface area contributed by atoms with Gasteiger partial charge in [-0.05, 0) is 31.2 Å². The molecular weight excluding hydrogens is 275 g/mol. The highest BCUT2D eigenvalue weighted by molar-refractivity contribution is 5.77. The van der Waals surface area contributed by atoms with E-state index in [1.807, 2.05) is 0 Å². The van der Waals surface area contributed by atoms with Gasteiger partial charge in [0.25, 0.3) is 5.56 Å². The summed E-state index contributed by atoms with van der Waals surface area (Å²) in [6.45, 7) is 1.38. The lowest BCUT2D eigenvalue weighted by Crippen LogP contribution is -2.23. The predicted octanol–water partition coefficient (Wildman–Crippen LogP) is 1.31. The molecule has 1 aromatic carbocycles. The topological polar surface area (TPSA) is 69.8 Å². The average molecular weight is 286 g/mol. The monoisotopic (exact) mass is 286 g/mol. The molecule has 0 atom stereocenters. The zero-order valence-corrected chi connectivity index (χ0v) is 11.2. The molecule has 21 heavy (non-hydrogen) atoms. The van der Waals surface area contributed by atoms with E-state index in [2.05, 4.69) is 10.1 Å². The quantitative estimate of drug-likeness (QED) is 0.728. The fourth-order valence-electron chi connectivity index (χ4n) is 2.07. The van der Waals surface area contributed by atoms with Gasteiger partial charge in [-0.2, -0.15) is 5.10 Å². The molecule has 0 bridgehead atoms. The molecule has 106 valence electrons. The van der Waals surface area contributed by atoms with Crippen molar-refractivity contribution in [3.63, 3.8) is 0 Å². The first-order valence-corrected chi connectivity index (χ1v) is 6.25. The summed E-state index contributed by atoms with van der Waals surface area (Å²) in [6, 6.07) is 5.70. The van der Waals surface area contributed by atoms with Crippen molar-refractivity contribution < 1.29 is 9.18 Å². The van der Waals surface area contributed by atoms with Crippen LogP contribution in [0.15, 0.2) is 41.6 Å². The Morgan fingerprint density at radius 3 is 2.67 bits per heavy atom. The van der Waals surface area contributed by atoms with E-state index >= 15 is 0 Å². The third-order valence-electron chi connectivity index (χ3n) is 3.02. The molecule has 0 aliphatic rings. The van der Waals surface area contributed by atoms with Gasteiger partial charge in [-0.3, -0.25) is 14.2 Å². The minimum Gasteiger partial charge on any atom is -0.298 e. The maximum Gasteiger partial charge on any atom is 0.264 e. The SMILES string of the molecule is CC(=O)Cn1cnc2c(cnn2-c2ccc(F)cc2)c1=O. The highest BCUT2D eigenvalue weighted by Gasteiger charge is 2.12. The minimum absolute atomic E-state index is 0.0243. The molecule has 0 saturated heterocycles. The molecule has 3 rings (SSSR count). The summed E-state index contributed by atoms with van der Waals surface area (Å²) in [5.74, 6) is -0.490. The van der Waals surface area contributed by atoms with Gasteiger partial charge in [-0.25, -0.2) is 14.1 Å². The van der Waals surface area contributed by atoms with Crippen molar-refractivity contribution in [2.45, 2.75) is 13.5 Å². The number of carbonyl (C=O) groups excluding carboxylic acids is 1. The normalized spacial score (nSPS) is 11.0. The van der Waals surface area contributed by atoms with Crippen LogP contribution in [0.4, 0.5) is 4.39 Å². The van der Waals surface area contributed by atoms with Gasteiger partial charge in [0.1, 0.15) is 23.3 Å². The lowest BCUT2D eigenvalue weighted by atomic mass is 10.3. The van der Waals surface area contributed by atoms with Gasteiger partial charge >= 0.3 is 0 Å². The third-order valence-corrected chi connectivity index (χ3v) is 3.02. The Kier molecular flexibility index (Phi) is 3.09. The van der Waals surface area contributed by atoms with Crippen molar-refractivity contribution in [3.05, 3.63) is 53.0 Å². The van der Waals surface area contributed by atoms with E-state index in [4.69, 9.17) is 0 Å². The molecule has 0 saturated carbocycles. The molecule has 2 heterocycles. The predicted molar refractivity (Wildman–Crippen MR) is 73.8 cm³/mol. The minimum atomic E-state index is -0.355. The van der Waals surface area contributed by atoms with Crippen molar-refractivity contribution in [2.24, 2.45) is 0 Å². The second kappa shape index (κ2) is 4.93. The van der Waals surface area contributed by atoms with Crippen LogP contribution in [0.2, 0.25) is 0 Å². The zero-order valence-electron chi connectivity index (χ0n) is 11.2. The smallest absolute Gasteiger partial charge is 0.264 e. The standard InChI is InChI=1S/C14H11FN4O2/c1-9(20)7-18-8-16-13-12(14(18)21)6-17-19(13)11-4-2-10(15)3-5-11/h2-6,8H,7H2,1H3. The van der Waals surface area contributed by atoms with Gasteiger partial charge in [0.2, 0.25) is 0 Å². The Labute approximate surface area is 118 Å². The number of halogens is 1. The first-order chi connectivity index (χ1) is 10.1. The van der Waals surface area contributed by atoms with Gasteiger partial charge in [-0.15, -0.1) is 0 Å². The van der Waals surface area contributed by atoms with Gasteiger partial charge in [0, 0.05) is 0 Å². The molecule has 0 unspecified atom stereocenters. The first-order valence-electron chi connectivity index (χ1n) is 6.25. The van der Waals surface area contributed by atoms with E-state index in [1.165, 1.54) is 40.8 Å². The number of aromatic nitrogens is 4. The summed E-state index contributed by atoms with van der Waals surface area (Å²) in [5.41, 5.74) is 0.637. The molecule has 0 N–H and O–H groups in total. The number of rotatable bonds is 3.